The maximum absolute atomic E-state index is 12.8. The summed E-state index contributed by atoms with van der Waals surface area (Å²) < 4.78 is 5.16. The monoisotopic (exact) mass is 396 g/mol. The van der Waals surface area contributed by atoms with Gasteiger partial charge in [-0.25, -0.2) is 0 Å². The fourth-order valence-corrected chi connectivity index (χ4v) is 3.87. The van der Waals surface area contributed by atoms with Gasteiger partial charge in [0.15, 0.2) is 0 Å². The van der Waals surface area contributed by atoms with Crippen LogP contribution in [0.4, 0.5) is 0 Å². The molecule has 0 unspecified atom stereocenters. The Morgan fingerprint density at radius 2 is 1.71 bits per heavy atom. The number of aromatic amines is 1. The van der Waals surface area contributed by atoms with Gasteiger partial charge in [0.05, 0.1) is 17.7 Å². The second-order valence-electron chi connectivity index (χ2n) is 6.46. The highest BCUT2D eigenvalue weighted by Gasteiger charge is 2.26. The van der Waals surface area contributed by atoms with E-state index in [1.54, 1.807) is 23.0 Å². The van der Waals surface area contributed by atoms with Crippen LogP contribution in [0.2, 0.25) is 0 Å². The number of piperazine rings is 1. The fourth-order valence-electron chi connectivity index (χ4n) is 3.18. The Bertz CT molecular complexity index is 958. The lowest BCUT2D eigenvalue weighted by Crippen LogP contribution is -2.50. The first kappa shape index (κ1) is 18.2. The van der Waals surface area contributed by atoms with Crippen molar-refractivity contribution in [3.8, 4) is 17.0 Å². The molecule has 1 aliphatic rings. The van der Waals surface area contributed by atoms with E-state index in [2.05, 4.69) is 10.2 Å². The summed E-state index contributed by atoms with van der Waals surface area (Å²) in [7, 11) is 1.62. The van der Waals surface area contributed by atoms with E-state index in [1.165, 1.54) is 11.3 Å². The van der Waals surface area contributed by atoms with Gasteiger partial charge >= 0.3 is 0 Å². The molecule has 1 N–H and O–H groups in total. The van der Waals surface area contributed by atoms with Crippen molar-refractivity contribution in [2.24, 2.45) is 0 Å². The maximum atomic E-state index is 12.8. The third-order valence-corrected chi connectivity index (χ3v) is 5.64. The quantitative estimate of drug-likeness (QED) is 0.736. The molecule has 2 amide bonds. The van der Waals surface area contributed by atoms with Crippen molar-refractivity contribution in [1.29, 1.82) is 0 Å². The van der Waals surface area contributed by atoms with Gasteiger partial charge < -0.3 is 14.5 Å². The first-order valence-electron chi connectivity index (χ1n) is 8.97. The van der Waals surface area contributed by atoms with Crippen LogP contribution in [-0.4, -0.2) is 65.1 Å². The van der Waals surface area contributed by atoms with Crippen LogP contribution in [0.3, 0.4) is 0 Å². The van der Waals surface area contributed by atoms with Crippen LogP contribution in [0, 0.1) is 0 Å². The molecule has 1 fully saturated rings. The fraction of sp³-hybridized carbons (Fsp3) is 0.250. The Labute approximate surface area is 166 Å². The van der Waals surface area contributed by atoms with Gasteiger partial charge in [0.25, 0.3) is 11.8 Å². The Morgan fingerprint density at radius 3 is 2.32 bits per heavy atom. The van der Waals surface area contributed by atoms with Crippen molar-refractivity contribution in [3.63, 3.8) is 0 Å². The average molecular weight is 396 g/mol. The number of ether oxygens (including phenoxy) is 1. The maximum Gasteiger partial charge on any atom is 0.272 e. The molecule has 8 heteroatoms. The van der Waals surface area contributed by atoms with E-state index in [-0.39, 0.29) is 11.8 Å². The number of aromatic nitrogens is 2. The number of hydrogen-bond acceptors (Lipinski definition) is 5. The average Bonchev–Trinajstić information content (AvgIpc) is 3.45. The molecule has 0 aliphatic carbocycles. The van der Waals surface area contributed by atoms with Crippen LogP contribution in [0.25, 0.3) is 11.3 Å². The highest BCUT2D eigenvalue weighted by Crippen LogP contribution is 2.22. The first-order chi connectivity index (χ1) is 13.7. The van der Waals surface area contributed by atoms with Crippen molar-refractivity contribution < 1.29 is 14.3 Å². The number of hydrogen-bond donors (Lipinski definition) is 1. The minimum absolute atomic E-state index is 0.0328. The molecular formula is C20H20N4O3S. The van der Waals surface area contributed by atoms with Gasteiger partial charge in [0.1, 0.15) is 11.4 Å². The van der Waals surface area contributed by atoms with E-state index in [0.29, 0.717) is 37.6 Å². The van der Waals surface area contributed by atoms with Gasteiger partial charge in [-0.3, -0.25) is 14.7 Å². The van der Waals surface area contributed by atoms with E-state index in [0.717, 1.165) is 16.2 Å². The minimum Gasteiger partial charge on any atom is -0.497 e. The number of methoxy groups -OCH3 is 1. The van der Waals surface area contributed by atoms with Crippen molar-refractivity contribution in [1.82, 2.24) is 20.0 Å². The summed E-state index contributed by atoms with van der Waals surface area (Å²) in [4.78, 5) is 29.5. The molecule has 1 aromatic carbocycles. The summed E-state index contributed by atoms with van der Waals surface area (Å²) in [5.41, 5.74) is 2.06. The molecule has 144 valence electrons. The summed E-state index contributed by atoms with van der Waals surface area (Å²) in [5.74, 6) is 0.700. The Hall–Kier alpha value is -3.13. The minimum atomic E-state index is -0.101. The predicted octanol–water partition coefficient (Wildman–Crippen LogP) is 2.75. The van der Waals surface area contributed by atoms with Crippen LogP contribution in [0.1, 0.15) is 20.2 Å². The number of carbonyl (C=O) groups excluding carboxylic acids is 2. The molecular weight excluding hydrogens is 376 g/mol. The number of carbonyl (C=O) groups is 2. The van der Waals surface area contributed by atoms with Crippen LogP contribution in [0.15, 0.2) is 47.8 Å². The number of thiophene rings is 1. The summed E-state index contributed by atoms with van der Waals surface area (Å²) in [6.07, 6.45) is 0. The van der Waals surface area contributed by atoms with Gasteiger partial charge in [0, 0.05) is 31.7 Å². The third kappa shape index (κ3) is 3.63. The van der Waals surface area contributed by atoms with Gasteiger partial charge in [-0.05, 0) is 41.8 Å². The van der Waals surface area contributed by atoms with Gasteiger partial charge in [-0.2, -0.15) is 5.10 Å². The van der Waals surface area contributed by atoms with Crippen LogP contribution in [-0.2, 0) is 0 Å². The normalized spacial score (nSPS) is 14.2. The van der Waals surface area contributed by atoms with Crippen molar-refractivity contribution in [2.75, 3.05) is 33.3 Å². The largest absolute Gasteiger partial charge is 0.497 e. The first-order valence-corrected chi connectivity index (χ1v) is 9.85. The molecule has 1 saturated heterocycles. The second kappa shape index (κ2) is 7.85. The number of nitrogens with one attached hydrogen (secondary N) is 1. The SMILES string of the molecule is COc1ccc(-c2cc(C(=O)N3CCN(C(=O)c4cccs4)CC3)[nH]n2)cc1. The van der Waals surface area contributed by atoms with Crippen LogP contribution < -0.4 is 4.74 Å². The lowest BCUT2D eigenvalue weighted by atomic mass is 10.1. The highest BCUT2D eigenvalue weighted by molar-refractivity contribution is 7.12. The Balaban J connectivity index is 1.39. The lowest BCUT2D eigenvalue weighted by Gasteiger charge is -2.34. The molecule has 0 atom stereocenters. The number of rotatable bonds is 4. The number of benzene rings is 1. The summed E-state index contributed by atoms with van der Waals surface area (Å²) in [5, 5.41) is 8.99. The highest BCUT2D eigenvalue weighted by atomic mass is 32.1. The molecule has 4 rings (SSSR count). The molecule has 0 bridgehead atoms. The van der Waals surface area contributed by atoms with E-state index < -0.39 is 0 Å². The summed E-state index contributed by atoms with van der Waals surface area (Å²) in [6.45, 7) is 2.07. The molecule has 2 aromatic heterocycles. The number of amides is 2. The van der Waals surface area contributed by atoms with Gasteiger partial charge in [0.2, 0.25) is 0 Å². The molecule has 1 aliphatic heterocycles. The standard InChI is InChI=1S/C20H20N4O3S/c1-27-15-6-4-14(5-7-15)16-13-17(22-21-16)19(25)23-8-10-24(11-9-23)20(26)18-3-2-12-28-18/h2-7,12-13H,8-11H2,1H3,(H,21,22). The van der Waals surface area contributed by atoms with E-state index in [4.69, 9.17) is 4.74 Å². The molecule has 28 heavy (non-hydrogen) atoms. The smallest absolute Gasteiger partial charge is 0.272 e. The topological polar surface area (TPSA) is 78.5 Å². The van der Waals surface area contributed by atoms with Crippen LogP contribution in [0.5, 0.6) is 5.75 Å². The molecule has 3 heterocycles. The lowest BCUT2D eigenvalue weighted by molar-refractivity contribution is 0.0535. The zero-order valence-corrected chi connectivity index (χ0v) is 16.2. The third-order valence-electron chi connectivity index (χ3n) is 4.78. The van der Waals surface area contributed by atoms with Crippen molar-refractivity contribution >= 4 is 23.2 Å². The molecule has 0 saturated carbocycles. The van der Waals surface area contributed by atoms with Crippen LogP contribution >= 0.6 is 11.3 Å². The number of nitrogens with zero attached hydrogens (tertiary/aromatic N) is 3. The van der Waals surface area contributed by atoms with E-state index in [1.807, 2.05) is 41.8 Å². The van der Waals surface area contributed by atoms with Gasteiger partial charge in [-0.15, -0.1) is 11.3 Å². The molecule has 0 spiro atoms. The number of H-pyrrole nitrogens is 1. The van der Waals surface area contributed by atoms with E-state index >= 15 is 0 Å². The Morgan fingerprint density at radius 1 is 1.04 bits per heavy atom. The van der Waals surface area contributed by atoms with Gasteiger partial charge in [-0.1, -0.05) is 6.07 Å². The molecule has 0 radical (unpaired) electrons. The van der Waals surface area contributed by atoms with E-state index in [9.17, 15) is 9.59 Å². The Kier molecular flexibility index (Phi) is 5.12. The predicted molar refractivity (Wildman–Crippen MR) is 107 cm³/mol. The molecule has 3 aromatic rings. The van der Waals surface area contributed by atoms with Crippen molar-refractivity contribution in [2.45, 2.75) is 0 Å². The summed E-state index contributed by atoms with van der Waals surface area (Å²) >= 11 is 1.44. The zero-order chi connectivity index (χ0) is 19.5. The van der Waals surface area contributed by atoms with Crippen molar-refractivity contribution in [3.05, 3.63) is 58.4 Å². The zero-order valence-electron chi connectivity index (χ0n) is 15.4. The molecule has 7 nitrogen and oxygen atoms in total. The second-order valence-corrected chi connectivity index (χ2v) is 7.40. The summed E-state index contributed by atoms with van der Waals surface area (Å²) in [6, 6.07) is 13.0.